The largest absolute Gasteiger partial charge is 0.393 e. The third kappa shape index (κ3) is 1.33. The topological polar surface area (TPSA) is 29.5 Å². The summed E-state index contributed by atoms with van der Waals surface area (Å²) in [4.78, 5) is 0. The van der Waals surface area contributed by atoms with E-state index in [-0.39, 0.29) is 6.61 Å². The minimum absolute atomic E-state index is 0.0903. The van der Waals surface area contributed by atoms with Crippen LogP contribution in [0.2, 0.25) is 0 Å². The van der Waals surface area contributed by atoms with Gasteiger partial charge in [-0.05, 0) is 0 Å². The lowest BCUT2D eigenvalue weighted by Crippen LogP contribution is -2.02. The summed E-state index contributed by atoms with van der Waals surface area (Å²) in [7, 11) is 0. The maximum absolute atomic E-state index is 8.39. The second-order valence-corrected chi connectivity index (χ2v) is 2.24. The highest BCUT2D eigenvalue weighted by atomic mass is 32.2. The Bertz CT molecular complexity index is 51.7. The van der Waals surface area contributed by atoms with Crippen molar-refractivity contribution >= 4 is 11.8 Å². The second-order valence-electron chi connectivity index (χ2n) is 1.31. The van der Waals surface area contributed by atoms with E-state index in [1.54, 1.807) is 11.8 Å². The van der Waals surface area contributed by atoms with E-state index < -0.39 is 0 Å². The van der Waals surface area contributed by atoms with Gasteiger partial charge in [-0.2, -0.15) is 0 Å². The van der Waals surface area contributed by atoms with Gasteiger partial charge in [-0.3, -0.25) is 0 Å². The van der Waals surface area contributed by atoms with Crippen LogP contribution in [0.4, 0.5) is 0 Å². The Labute approximate surface area is 46.9 Å². The molecule has 0 bridgehead atoms. The van der Waals surface area contributed by atoms with Crippen molar-refractivity contribution in [1.82, 2.24) is 0 Å². The molecule has 0 aromatic rings. The summed E-state index contributed by atoms with van der Waals surface area (Å²) in [5, 5.41) is 8.39. The van der Waals surface area contributed by atoms with Gasteiger partial charge < -0.3 is 9.84 Å². The minimum Gasteiger partial charge on any atom is -0.393 e. The van der Waals surface area contributed by atoms with E-state index in [1.165, 1.54) is 0 Å². The molecule has 1 aliphatic rings. The lowest BCUT2D eigenvalue weighted by Gasteiger charge is -1.97. The first kappa shape index (κ1) is 5.41. The second kappa shape index (κ2) is 2.55. The molecule has 7 heavy (non-hydrogen) atoms. The van der Waals surface area contributed by atoms with Crippen LogP contribution >= 0.6 is 11.8 Å². The molecule has 0 saturated carbocycles. The average Bonchev–Trinajstić information content (AvgIpc) is 2.14. The van der Waals surface area contributed by atoms with E-state index in [0.29, 0.717) is 0 Å². The Kier molecular flexibility index (Phi) is 1.97. The van der Waals surface area contributed by atoms with Crippen LogP contribution in [0.5, 0.6) is 0 Å². The molecule has 0 unspecified atom stereocenters. The normalized spacial score (nSPS) is 23.6. The van der Waals surface area contributed by atoms with Gasteiger partial charge in [0.2, 0.25) is 0 Å². The Morgan fingerprint density at radius 2 is 2.71 bits per heavy atom. The van der Waals surface area contributed by atoms with Crippen LogP contribution < -0.4 is 0 Å². The molecule has 0 spiro atoms. The summed E-state index contributed by atoms with van der Waals surface area (Å²) in [6.07, 6.45) is 0.810. The number of rotatable bonds is 1. The molecule has 1 rings (SSSR count). The molecular weight excluding hydrogens is 112 g/mol. The van der Waals surface area contributed by atoms with Crippen molar-refractivity contribution in [3.63, 3.8) is 0 Å². The fraction of sp³-hybridized carbons (Fsp3) is 0.750. The van der Waals surface area contributed by atoms with E-state index >= 15 is 0 Å². The zero-order chi connectivity index (χ0) is 5.11. The van der Waals surface area contributed by atoms with Crippen molar-refractivity contribution < 1.29 is 9.84 Å². The lowest BCUT2D eigenvalue weighted by atomic mass is 10.4. The molecule has 0 aliphatic carbocycles. The third-order valence-corrected chi connectivity index (χ3v) is 1.60. The van der Waals surface area contributed by atoms with Crippen molar-refractivity contribution in [3.05, 3.63) is 6.10 Å². The zero-order valence-corrected chi connectivity index (χ0v) is 4.70. The molecule has 0 atom stereocenters. The molecule has 0 amide bonds. The van der Waals surface area contributed by atoms with Crippen LogP contribution in [0.3, 0.4) is 0 Å². The summed E-state index contributed by atoms with van der Waals surface area (Å²) in [6.45, 7) is 0.0903. The van der Waals surface area contributed by atoms with Crippen LogP contribution in [0, 0.1) is 6.10 Å². The molecule has 1 radical (unpaired) electrons. The fourth-order valence-corrected chi connectivity index (χ4v) is 1.15. The summed E-state index contributed by atoms with van der Waals surface area (Å²) in [5.74, 6) is 1.59. The predicted molar refractivity (Wildman–Crippen MR) is 28.7 cm³/mol. The number of hydrogen-bond donors (Lipinski definition) is 1. The van der Waals surface area contributed by atoms with Crippen molar-refractivity contribution in [2.75, 3.05) is 18.3 Å². The molecule has 2 nitrogen and oxygen atoms in total. The van der Waals surface area contributed by atoms with E-state index in [1.807, 2.05) is 0 Å². The van der Waals surface area contributed by atoms with Crippen molar-refractivity contribution in [1.29, 1.82) is 0 Å². The molecule has 0 aromatic carbocycles. The van der Waals surface area contributed by atoms with E-state index in [2.05, 4.69) is 0 Å². The average molecular weight is 119 g/mol. The maximum Gasteiger partial charge on any atom is 0.133 e. The molecule has 1 aliphatic heterocycles. The number of thioether (sulfide) groups is 1. The summed E-state index contributed by atoms with van der Waals surface area (Å²) < 4.78 is 4.93. The van der Waals surface area contributed by atoms with E-state index in [4.69, 9.17) is 9.84 Å². The van der Waals surface area contributed by atoms with E-state index in [0.717, 1.165) is 17.8 Å². The van der Waals surface area contributed by atoms with Gasteiger partial charge in [0, 0.05) is 5.75 Å². The Hall–Kier alpha value is 0.270. The van der Waals surface area contributed by atoms with Gasteiger partial charge in [-0.1, -0.05) is 0 Å². The zero-order valence-electron chi connectivity index (χ0n) is 3.89. The molecule has 0 aromatic heterocycles. The fourth-order valence-electron chi connectivity index (χ4n) is 0.413. The maximum atomic E-state index is 8.39. The third-order valence-electron chi connectivity index (χ3n) is 0.786. The van der Waals surface area contributed by atoms with Gasteiger partial charge in [0.05, 0.1) is 12.5 Å². The highest BCUT2D eigenvalue weighted by Crippen LogP contribution is 2.20. The molecule has 41 valence electrons. The van der Waals surface area contributed by atoms with Crippen LogP contribution in [-0.2, 0) is 4.74 Å². The van der Waals surface area contributed by atoms with Crippen LogP contribution in [-0.4, -0.2) is 23.4 Å². The van der Waals surface area contributed by atoms with Crippen LogP contribution in [0.15, 0.2) is 0 Å². The molecular formula is C4H7O2S. The van der Waals surface area contributed by atoms with E-state index in [9.17, 15) is 0 Å². The molecule has 1 heterocycles. The molecule has 1 fully saturated rings. The van der Waals surface area contributed by atoms with Crippen LogP contribution in [0.1, 0.15) is 0 Å². The number of hydrogen-bond acceptors (Lipinski definition) is 3. The highest BCUT2D eigenvalue weighted by molar-refractivity contribution is 7.99. The minimum atomic E-state index is 0.0903. The number of aliphatic hydroxyl groups is 1. The van der Waals surface area contributed by atoms with Gasteiger partial charge >= 0.3 is 0 Å². The van der Waals surface area contributed by atoms with Gasteiger partial charge in [0.1, 0.15) is 6.10 Å². The van der Waals surface area contributed by atoms with Gasteiger partial charge in [0.25, 0.3) is 0 Å². The molecule has 1 saturated heterocycles. The van der Waals surface area contributed by atoms with Crippen LogP contribution in [0.25, 0.3) is 0 Å². The SMILES string of the molecule is OC[C]1CSCO1. The standard InChI is InChI=1S/C4H7O2S/c5-1-4-2-7-3-6-4/h5H,1-3H2. The first-order valence-electron chi connectivity index (χ1n) is 2.09. The first-order chi connectivity index (χ1) is 3.43. The smallest absolute Gasteiger partial charge is 0.133 e. The predicted octanol–water partition coefficient (Wildman–Crippen LogP) is 0.232. The quantitative estimate of drug-likeness (QED) is 0.536. The summed E-state index contributed by atoms with van der Waals surface area (Å²) in [5.41, 5.74) is 0. The summed E-state index contributed by atoms with van der Waals surface area (Å²) >= 11 is 1.69. The summed E-state index contributed by atoms with van der Waals surface area (Å²) in [6, 6.07) is 0. The first-order valence-corrected chi connectivity index (χ1v) is 3.25. The lowest BCUT2D eigenvalue weighted by molar-refractivity contribution is 0.148. The Morgan fingerprint density at radius 3 is 3.00 bits per heavy atom. The molecule has 3 heteroatoms. The Balaban J connectivity index is 2.14. The van der Waals surface area contributed by atoms with Crippen molar-refractivity contribution in [3.8, 4) is 0 Å². The van der Waals surface area contributed by atoms with Crippen molar-refractivity contribution in [2.24, 2.45) is 0 Å². The molecule has 1 N–H and O–H groups in total. The number of aliphatic hydroxyl groups excluding tert-OH is 1. The van der Waals surface area contributed by atoms with Gasteiger partial charge in [-0.25, -0.2) is 0 Å². The Morgan fingerprint density at radius 1 is 1.86 bits per heavy atom. The van der Waals surface area contributed by atoms with Gasteiger partial charge in [-0.15, -0.1) is 11.8 Å². The highest BCUT2D eigenvalue weighted by Gasteiger charge is 2.14. The monoisotopic (exact) mass is 119 g/mol. The number of ether oxygens (including phenoxy) is 1. The van der Waals surface area contributed by atoms with Crippen molar-refractivity contribution in [2.45, 2.75) is 0 Å². The van der Waals surface area contributed by atoms with Gasteiger partial charge in [0.15, 0.2) is 0 Å².